The topological polar surface area (TPSA) is 103 Å². The first kappa shape index (κ1) is 17.6. The molecule has 0 unspecified atom stereocenters. The van der Waals surface area contributed by atoms with Crippen LogP contribution < -0.4 is 16.8 Å². The molecule has 3 aromatic rings. The fourth-order valence-electron chi connectivity index (χ4n) is 2.53. The molecular weight excluding hydrogens is 352 g/mol. The molecule has 0 amide bonds. The summed E-state index contributed by atoms with van der Waals surface area (Å²) in [5.41, 5.74) is 11.2. The summed E-state index contributed by atoms with van der Waals surface area (Å²) in [6, 6.07) is 3.85. The van der Waals surface area contributed by atoms with Crippen molar-refractivity contribution in [2.45, 2.75) is 19.6 Å². The smallest absolute Gasteiger partial charge is 0.383 e. The lowest BCUT2D eigenvalue weighted by molar-refractivity contribution is -0.137. The van der Waals surface area contributed by atoms with Gasteiger partial charge in [-0.3, -0.25) is 0 Å². The summed E-state index contributed by atoms with van der Waals surface area (Å²) in [5, 5.41) is 3.31. The number of nitrogen functional groups attached to an aromatic ring is 2. The third-order valence-electron chi connectivity index (χ3n) is 3.74. The predicted molar refractivity (Wildman–Crippen MR) is 89.6 cm³/mol. The number of pyridine rings is 1. The lowest BCUT2D eigenvalue weighted by Gasteiger charge is -2.12. The molecule has 2 heterocycles. The van der Waals surface area contributed by atoms with Crippen LogP contribution in [0.1, 0.15) is 16.7 Å². The lowest BCUT2D eigenvalue weighted by Crippen LogP contribution is -2.10. The minimum absolute atomic E-state index is 0.0528. The summed E-state index contributed by atoms with van der Waals surface area (Å²) in [4.78, 5) is 12.1. The number of fused-ring (bicyclic) bond motifs is 1. The van der Waals surface area contributed by atoms with Crippen LogP contribution in [-0.4, -0.2) is 15.0 Å². The van der Waals surface area contributed by atoms with E-state index in [2.05, 4.69) is 20.3 Å². The summed E-state index contributed by atoms with van der Waals surface area (Å²) in [6.45, 7) is 1.56. The summed E-state index contributed by atoms with van der Waals surface area (Å²) in [6.07, 6.45) is -4.55. The Bertz CT molecular complexity index is 987. The Morgan fingerprint density at radius 1 is 1.08 bits per heavy atom. The molecular formula is C16H14F4N6. The first-order valence-corrected chi connectivity index (χ1v) is 7.45. The first-order valence-electron chi connectivity index (χ1n) is 7.45. The highest BCUT2D eigenvalue weighted by Crippen LogP contribution is 2.30. The molecule has 0 radical (unpaired) electrons. The maximum atomic E-state index is 13.8. The van der Waals surface area contributed by atoms with E-state index in [1.54, 1.807) is 13.0 Å². The number of aromatic nitrogens is 3. The molecule has 3 rings (SSSR count). The van der Waals surface area contributed by atoms with Crippen molar-refractivity contribution < 1.29 is 17.6 Å². The highest BCUT2D eigenvalue weighted by molar-refractivity contribution is 5.90. The van der Waals surface area contributed by atoms with E-state index in [0.29, 0.717) is 22.8 Å². The number of rotatable bonds is 3. The number of hydrogen-bond acceptors (Lipinski definition) is 6. The van der Waals surface area contributed by atoms with Crippen molar-refractivity contribution >= 4 is 28.6 Å². The van der Waals surface area contributed by atoms with Gasteiger partial charge in [0.2, 0.25) is 5.95 Å². The zero-order chi connectivity index (χ0) is 19.1. The van der Waals surface area contributed by atoms with Crippen molar-refractivity contribution in [1.82, 2.24) is 15.0 Å². The Morgan fingerprint density at radius 2 is 1.81 bits per heavy atom. The SMILES string of the molecule is Cc1cc(NCc2cc(C(F)(F)F)ccc2F)nc2nc(N)nc(N)c12. The normalized spacial score (nSPS) is 11.7. The Labute approximate surface area is 145 Å². The molecule has 0 bridgehead atoms. The van der Waals surface area contributed by atoms with Crippen molar-refractivity contribution in [2.24, 2.45) is 0 Å². The minimum Gasteiger partial charge on any atom is -0.383 e. The average molecular weight is 366 g/mol. The number of aryl methyl sites for hydroxylation is 1. The van der Waals surface area contributed by atoms with Crippen LogP contribution in [0.2, 0.25) is 0 Å². The zero-order valence-electron chi connectivity index (χ0n) is 13.5. The molecule has 6 nitrogen and oxygen atoms in total. The zero-order valence-corrected chi connectivity index (χ0v) is 13.5. The van der Waals surface area contributed by atoms with Gasteiger partial charge in [0.05, 0.1) is 10.9 Å². The molecule has 0 spiro atoms. The van der Waals surface area contributed by atoms with E-state index in [1.165, 1.54) is 0 Å². The number of halogens is 4. The Hall–Kier alpha value is -3.17. The molecule has 0 aliphatic heterocycles. The van der Waals surface area contributed by atoms with E-state index in [-0.39, 0.29) is 29.5 Å². The van der Waals surface area contributed by atoms with Crippen LogP contribution in [-0.2, 0) is 12.7 Å². The highest BCUT2D eigenvalue weighted by Gasteiger charge is 2.31. The van der Waals surface area contributed by atoms with E-state index >= 15 is 0 Å². The van der Waals surface area contributed by atoms with Crippen LogP contribution in [0.4, 0.5) is 35.1 Å². The number of nitrogens with zero attached hydrogens (tertiary/aromatic N) is 3. The number of nitrogens with one attached hydrogen (secondary N) is 1. The molecule has 0 aliphatic carbocycles. The van der Waals surface area contributed by atoms with Crippen LogP contribution in [0.15, 0.2) is 24.3 Å². The Balaban J connectivity index is 1.91. The van der Waals surface area contributed by atoms with Gasteiger partial charge in [0, 0.05) is 12.1 Å². The van der Waals surface area contributed by atoms with Crippen molar-refractivity contribution in [2.75, 3.05) is 16.8 Å². The monoisotopic (exact) mass is 366 g/mol. The first-order chi connectivity index (χ1) is 12.1. The second-order valence-electron chi connectivity index (χ2n) is 5.65. The van der Waals surface area contributed by atoms with E-state index < -0.39 is 17.6 Å². The summed E-state index contributed by atoms with van der Waals surface area (Å²) >= 11 is 0. The molecule has 26 heavy (non-hydrogen) atoms. The molecule has 10 heteroatoms. The van der Waals surface area contributed by atoms with Crippen molar-refractivity contribution in [3.05, 3.63) is 46.8 Å². The van der Waals surface area contributed by atoms with Crippen molar-refractivity contribution in [1.29, 1.82) is 0 Å². The van der Waals surface area contributed by atoms with Gasteiger partial charge in [-0.05, 0) is 36.8 Å². The van der Waals surface area contributed by atoms with Crippen LogP contribution >= 0.6 is 0 Å². The van der Waals surface area contributed by atoms with Gasteiger partial charge < -0.3 is 16.8 Å². The molecule has 1 aromatic carbocycles. The average Bonchev–Trinajstić information content (AvgIpc) is 2.51. The highest BCUT2D eigenvalue weighted by atomic mass is 19.4. The van der Waals surface area contributed by atoms with Gasteiger partial charge in [0.1, 0.15) is 17.5 Å². The number of nitrogens with two attached hydrogens (primary N) is 2. The summed E-state index contributed by atoms with van der Waals surface area (Å²) < 4.78 is 52.1. The maximum Gasteiger partial charge on any atom is 0.416 e. The van der Waals surface area contributed by atoms with Crippen LogP contribution in [0.5, 0.6) is 0 Å². The van der Waals surface area contributed by atoms with Gasteiger partial charge in [0.25, 0.3) is 0 Å². The fraction of sp³-hybridized carbons (Fsp3) is 0.188. The second-order valence-corrected chi connectivity index (χ2v) is 5.65. The molecule has 136 valence electrons. The van der Waals surface area contributed by atoms with Gasteiger partial charge in [-0.25, -0.2) is 9.37 Å². The van der Waals surface area contributed by atoms with E-state index in [9.17, 15) is 17.6 Å². The second kappa shape index (κ2) is 6.28. The maximum absolute atomic E-state index is 13.8. The molecule has 2 aromatic heterocycles. The number of alkyl halides is 3. The quantitative estimate of drug-likeness (QED) is 0.615. The molecule has 0 saturated heterocycles. The molecule has 0 aliphatic rings. The van der Waals surface area contributed by atoms with Gasteiger partial charge in [-0.2, -0.15) is 23.1 Å². The lowest BCUT2D eigenvalue weighted by atomic mass is 10.1. The fourth-order valence-corrected chi connectivity index (χ4v) is 2.53. The summed E-state index contributed by atoms with van der Waals surface area (Å²) in [5.74, 6) is -0.334. The van der Waals surface area contributed by atoms with Crippen LogP contribution in [0.25, 0.3) is 11.0 Å². The van der Waals surface area contributed by atoms with Crippen LogP contribution in [0, 0.1) is 12.7 Å². The van der Waals surface area contributed by atoms with E-state index in [1.807, 2.05) is 0 Å². The number of anilines is 3. The number of hydrogen-bond donors (Lipinski definition) is 3. The molecule has 0 fully saturated rings. The molecule has 0 saturated carbocycles. The van der Waals surface area contributed by atoms with Gasteiger partial charge >= 0.3 is 6.18 Å². The molecule has 5 N–H and O–H groups in total. The molecule has 0 atom stereocenters. The van der Waals surface area contributed by atoms with Crippen molar-refractivity contribution in [3.8, 4) is 0 Å². The van der Waals surface area contributed by atoms with Gasteiger partial charge in [0.15, 0.2) is 5.65 Å². The largest absolute Gasteiger partial charge is 0.416 e. The Morgan fingerprint density at radius 3 is 2.50 bits per heavy atom. The van der Waals surface area contributed by atoms with Crippen molar-refractivity contribution in [3.63, 3.8) is 0 Å². The van der Waals surface area contributed by atoms with Gasteiger partial charge in [-0.1, -0.05) is 0 Å². The predicted octanol–water partition coefficient (Wildman–Crippen LogP) is 3.27. The third-order valence-corrected chi connectivity index (χ3v) is 3.74. The standard InChI is InChI=1S/C16H14F4N6/c1-7-4-11(24-14-12(7)13(21)25-15(22)26-14)23-6-8-5-9(16(18,19)20)2-3-10(8)17/h2-5H,6H2,1H3,(H5,21,22,23,24,25,26). The van der Waals surface area contributed by atoms with Crippen LogP contribution in [0.3, 0.4) is 0 Å². The van der Waals surface area contributed by atoms with E-state index in [0.717, 1.165) is 12.1 Å². The summed E-state index contributed by atoms with van der Waals surface area (Å²) in [7, 11) is 0. The van der Waals surface area contributed by atoms with E-state index in [4.69, 9.17) is 11.5 Å². The number of benzene rings is 1. The van der Waals surface area contributed by atoms with Gasteiger partial charge in [-0.15, -0.1) is 0 Å². The third kappa shape index (κ3) is 3.44. The minimum atomic E-state index is -4.55. The Kier molecular flexibility index (Phi) is 4.26.